The highest BCUT2D eigenvalue weighted by Crippen LogP contribution is 2.12. The monoisotopic (exact) mass is 208 g/mol. The van der Waals surface area contributed by atoms with Crippen molar-refractivity contribution in [1.82, 2.24) is 0 Å². The zero-order chi connectivity index (χ0) is 8.53. The number of hydrogen-bond acceptors (Lipinski definition) is 6. The Hall–Kier alpha value is 0.400. The summed E-state index contributed by atoms with van der Waals surface area (Å²) >= 11 is -0.959. The van der Waals surface area contributed by atoms with Gasteiger partial charge in [0.25, 0.3) is 0 Å². The van der Waals surface area contributed by atoms with Crippen LogP contribution < -0.4 is 0 Å². The lowest BCUT2D eigenvalue weighted by atomic mass is 10.5. The van der Waals surface area contributed by atoms with Gasteiger partial charge in [0.05, 0.1) is 0 Å². The summed E-state index contributed by atoms with van der Waals surface area (Å²) in [5.74, 6) is 0. The number of hydrogen-bond donors (Lipinski definition) is 0. The Kier molecular flexibility index (Phi) is 8.81. The Balaban J connectivity index is 3.25. The van der Waals surface area contributed by atoms with Crippen molar-refractivity contribution in [1.29, 1.82) is 0 Å². The molecule has 0 aliphatic carbocycles. The van der Waals surface area contributed by atoms with E-state index in [0.29, 0.717) is 6.42 Å². The maximum atomic E-state index is 11.2. The third-order valence-corrected chi connectivity index (χ3v) is 0.938. The number of rotatable bonds is 7. The van der Waals surface area contributed by atoms with Crippen LogP contribution in [0.1, 0.15) is 13.3 Å². The van der Waals surface area contributed by atoms with Gasteiger partial charge in [-0.05, 0) is 0 Å². The largest absolute Gasteiger partial charge is 0.242 e. The lowest BCUT2D eigenvalue weighted by Gasteiger charge is -2.08. The van der Waals surface area contributed by atoms with Crippen molar-refractivity contribution in [2.24, 2.45) is 0 Å². The van der Waals surface area contributed by atoms with Gasteiger partial charge >= 0.3 is 0 Å². The lowest BCUT2D eigenvalue weighted by Crippen LogP contribution is -2.13. The lowest BCUT2D eigenvalue weighted by molar-refractivity contribution is -0.392. The fourth-order valence-corrected chi connectivity index (χ4v) is 0.504. The van der Waals surface area contributed by atoms with Crippen LogP contribution in [0.3, 0.4) is 0 Å². The molecule has 4 nitrogen and oxygen atoms in total. The Labute approximate surface area is 71.4 Å². The molecule has 0 saturated carbocycles. The molecule has 0 amide bonds. The predicted molar refractivity (Wildman–Crippen MR) is 35.8 cm³/mol. The maximum absolute atomic E-state index is 11.2. The van der Waals surface area contributed by atoms with Crippen LogP contribution in [0.25, 0.3) is 0 Å². The average molecular weight is 208 g/mol. The van der Waals surface area contributed by atoms with Crippen molar-refractivity contribution in [2.75, 3.05) is 0 Å². The van der Waals surface area contributed by atoms with Crippen LogP contribution in [0.4, 0.5) is 7.77 Å². The van der Waals surface area contributed by atoms with E-state index >= 15 is 0 Å². The molecule has 0 spiro atoms. The summed E-state index contributed by atoms with van der Waals surface area (Å²) in [5, 5.41) is 0. The summed E-state index contributed by atoms with van der Waals surface area (Å²) < 4.78 is 30.0. The second-order valence-electron chi connectivity index (χ2n) is 1.29. The molecule has 0 heterocycles. The third kappa shape index (κ3) is 6.78. The molecule has 0 aliphatic rings. The summed E-state index contributed by atoms with van der Waals surface area (Å²) in [6, 6.07) is 0. The predicted octanol–water partition coefficient (Wildman–Crippen LogP) is 2.68. The highest BCUT2D eigenvalue weighted by molar-refractivity contribution is 7.89. The van der Waals surface area contributed by atoms with Crippen LogP contribution >= 0.6 is 24.9 Å². The zero-order valence-corrected chi connectivity index (χ0v) is 7.12. The van der Waals surface area contributed by atoms with Crippen LogP contribution in [0, 0.1) is 0 Å². The van der Waals surface area contributed by atoms with E-state index < -0.39 is 31.1 Å². The van der Waals surface area contributed by atoms with Gasteiger partial charge in [-0.2, -0.15) is 9.78 Å². The van der Waals surface area contributed by atoms with Crippen LogP contribution in [-0.4, -0.2) is 6.29 Å². The van der Waals surface area contributed by atoms with Gasteiger partial charge in [-0.1, -0.05) is 6.92 Å². The molecule has 0 rings (SSSR count). The van der Waals surface area contributed by atoms with Gasteiger partial charge in [0.15, 0.2) is 0 Å². The van der Waals surface area contributed by atoms with Crippen molar-refractivity contribution in [3.8, 4) is 0 Å². The van der Waals surface area contributed by atoms with E-state index in [1.807, 2.05) is 0 Å². The molecule has 0 aliphatic heterocycles. The van der Waals surface area contributed by atoms with Gasteiger partial charge in [0.1, 0.15) is 0 Å². The van der Waals surface area contributed by atoms with E-state index in [1.54, 1.807) is 6.92 Å². The van der Waals surface area contributed by atoms with E-state index in [1.165, 1.54) is 0 Å². The van der Waals surface area contributed by atoms with Gasteiger partial charge in [0, 0.05) is 6.42 Å². The van der Waals surface area contributed by atoms with E-state index in [-0.39, 0.29) is 0 Å². The van der Waals surface area contributed by atoms with Gasteiger partial charge in [0.2, 0.25) is 31.1 Å². The van der Waals surface area contributed by atoms with Crippen molar-refractivity contribution in [2.45, 2.75) is 19.6 Å². The SMILES string of the molecule is CCC(OOSF)OOSF. The second-order valence-corrected chi connectivity index (χ2v) is 1.82. The van der Waals surface area contributed by atoms with Crippen molar-refractivity contribution in [3.63, 3.8) is 0 Å². The molecule has 11 heavy (non-hydrogen) atoms. The topological polar surface area (TPSA) is 36.9 Å². The fourth-order valence-electron chi connectivity index (χ4n) is 0.269. The molecule has 68 valence electrons. The summed E-state index contributed by atoms with van der Waals surface area (Å²) in [6.45, 7) is 1.66. The Morgan fingerprint density at radius 2 is 1.64 bits per heavy atom. The smallest absolute Gasteiger partial charge is 0.186 e. The second kappa shape index (κ2) is 8.50. The summed E-state index contributed by atoms with van der Waals surface area (Å²) in [7, 11) is 0. The first-order valence-corrected chi connectivity index (χ1v) is 3.85. The Morgan fingerprint density at radius 1 is 1.18 bits per heavy atom. The molecule has 0 aromatic rings. The van der Waals surface area contributed by atoms with E-state index in [2.05, 4.69) is 18.4 Å². The van der Waals surface area contributed by atoms with Crippen LogP contribution in [0.15, 0.2) is 0 Å². The fraction of sp³-hybridized carbons (Fsp3) is 1.00. The molecule has 0 unspecified atom stereocenters. The minimum atomic E-state index is -0.943. The summed E-state index contributed by atoms with van der Waals surface area (Å²) in [6.07, 6.45) is -0.609. The van der Waals surface area contributed by atoms with Crippen LogP contribution in [0.2, 0.25) is 0 Å². The molecular formula is C3H6F2O4S2. The molecule has 0 aromatic heterocycles. The van der Waals surface area contributed by atoms with Crippen molar-refractivity contribution < 1.29 is 26.2 Å². The Bertz CT molecular complexity index is 79.7. The standard InChI is InChI=1S/C3H6F2O4S2/c1-2-3(6-8-10-4)7-9-11-5/h3H,2H2,1H3. The van der Waals surface area contributed by atoms with Crippen molar-refractivity contribution >= 4 is 24.9 Å². The molecular weight excluding hydrogens is 202 g/mol. The average Bonchev–Trinajstić information content (AvgIpc) is 2.05. The van der Waals surface area contributed by atoms with Crippen molar-refractivity contribution in [3.05, 3.63) is 0 Å². The molecule has 0 atom stereocenters. The maximum Gasteiger partial charge on any atom is 0.242 e. The highest BCUT2D eigenvalue weighted by Gasteiger charge is 2.09. The quantitative estimate of drug-likeness (QED) is 0.277. The van der Waals surface area contributed by atoms with Crippen LogP contribution in [-0.2, 0) is 18.4 Å². The normalized spacial score (nSPS) is 10.9. The number of halogens is 2. The van der Waals surface area contributed by atoms with E-state index in [4.69, 9.17) is 0 Å². The molecule has 0 saturated heterocycles. The summed E-state index contributed by atoms with van der Waals surface area (Å²) in [5.41, 5.74) is 0. The molecule has 0 aromatic carbocycles. The van der Waals surface area contributed by atoms with E-state index in [0.717, 1.165) is 0 Å². The van der Waals surface area contributed by atoms with Crippen LogP contribution in [0.5, 0.6) is 0 Å². The molecule has 0 radical (unpaired) electrons. The van der Waals surface area contributed by atoms with Gasteiger partial charge in [-0.25, -0.2) is 0 Å². The zero-order valence-electron chi connectivity index (χ0n) is 5.49. The van der Waals surface area contributed by atoms with Gasteiger partial charge in [-0.15, -0.1) is 16.4 Å². The molecule has 0 bridgehead atoms. The summed E-state index contributed by atoms with van der Waals surface area (Å²) in [4.78, 5) is 8.41. The molecule has 0 N–H and O–H groups in total. The highest BCUT2D eigenvalue weighted by atomic mass is 32.2. The minimum Gasteiger partial charge on any atom is -0.186 e. The molecule has 0 fully saturated rings. The Morgan fingerprint density at radius 3 is 1.91 bits per heavy atom. The van der Waals surface area contributed by atoms with E-state index in [9.17, 15) is 7.77 Å². The first-order chi connectivity index (χ1) is 5.35. The third-order valence-electron chi connectivity index (χ3n) is 0.678. The minimum absolute atomic E-state index is 0.334. The van der Waals surface area contributed by atoms with Gasteiger partial charge < -0.3 is 0 Å². The van der Waals surface area contributed by atoms with Gasteiger partial charge in [-0.3, -0.25) is 0 Å². The molecule has 8 heteroatoms. The first-order valence-electron chi connectivity index (χ1n) is 2.56. The first kappa shape index (κ1) is 11.4.